The van der Waals surface area contributed by atoms with Crippen LogP contribution in [0, 0.1) is 13.8 Å². The van der Waals surface area contributed by atoms with Gasteiger partial charge in [0.25, 0.3) is 0 Å². The van der Waals surface area contributed by atoms with Gasteiger partial charge < -0.3 is 5.32 Å². The molecule has 0 aliphatic rings. The first-order valence-electron chi connectivity index (χ1n) is 6.70. The number of hydrogen-bond donors (Lipinski definition) is 1. The predicted octanol–water partition coefficient (Wildman–Crippen LogP) is 1.45. The fourth-order valence-corrected chi connectivity index (χ4v) is 3.05. The first-order valence-corrected chi connectivity index (χ1v) is 7.58. The normalized spacial score (nSPS) is 11.0. The van der Waals surface area contributed by atoms with Gasteiger partial charge in [-0.1, -0.05) is 11.3 Å². The number of thiazole rings is 1. The topological polar surface area (TPSA) is 81.8 Å². The molecule has 0 saturated heterocycles. The van der Waals surface area contributed by atoms with Crippen LogP contribution >= 0.6 is 11.3 Å². The Bertz CT molecular complexity index is 921. The molecule has 8 heteroatoms. The zero-order valence-electron chi connectivity index (χ0n) is 12.5. The quantitative estimate of drug-likeness (QED) is 0.792. The summed E-state index contributed by atoms with van der Waals surface area (Å²) in [6.45, 7) is 3.69. The predicted molar refractivity (Wildman–Crippen MR) is 85.2 cm³/mol. The molecule has 0 unspecified atom stereocenters. The van der Waals surface area contributed by atoms with Crippen LogP contribution in [0.1, 0.15) is 11.4 Å². The summed E-state index contributed by atoms with van der Waals surface area (Å²) in [5.41, 5.74) is 2.99. The van der Waals surface area contributed by atoms with Crippen molar-refractivity contribution in [2.45, 2.75) is 20.4 Å². The number of pyridine rings is 1. The molecule has 0 saturated carbocycles. The van der Waals surface area contributed by atoms with E-state index in [2.05, 4.69) is 15.4 Å². The Morgan fingerprint density at radius 2 is 2.18 bits per heavy atom. The highest BCUT2D eigenvalue weighted by Crippen LogP contribution is 2.19. The van der Waals surface area contributed by atoms with Crippen LogP contribution in [0.15, 0.2) is 22.4 Å². The Morgan fingerprint density at radius 1 is 1.41 bits per heavy atom. The van der Waals surface area contributed by atoms with Gasteiger partial charge in [0, 0.05) is 23.5 Å². The molecule has 3 heterocycles. The Kier molecular flexibility index (Phi) is 3.53. The van der Waals surface area contributed by atoms with Crippen LogP contribution in [0.3, 0.4) is 0 Å². The zero-order chi connectivity index (χ0) is 15.9. The molecule has 0 bridgehead atoms. The highest BCUT2D eigenvalue weighted by Gasteiger charge is 2.11. The number of nitrogens with one attached hydrogen (secondary N) is 1. The summed E-state index contributed by atoms with van der Waals surface area (Å²) in [5.74, 6) is -0.258. The highest BCUT2D eigenvalue weighted by atomic mass is 32.1. The molecule has 114 valence electrons. The number of aryl methyl sites for hydroxylation is 3. The zero-order valence-corrected chi connectivity index (χ0v) is 13.3. The molecule has 0 spiro atoms. The summed E-state index contributed by atoms with van der Waals surface area (Å²) >= 11 is 1.09. The van der Waals surface area contributed by atoms with E-state index in [1.165, 1.54) is 4.57 Å². The number of rotatable bonds is 3. The largest absolute Gasteiger partial charge is 0.323 e. The first-order chi connectivity index (χ1) is 10.5. The Balaban J connectivity index is 1.82. The van der Waals surface area contributed by atoms with E-state index in [4.69, 9.17) is 0 Å². The number of anilines is 1. The molecule has 1 amide bonds. The van der Waals surface area contributed by atoms with Crippen molar-refractivity contribution in [3.05, 3.63) is 38.7 Å². The standard InChI is InChI=1S/C14H15N5O2S/c1-8-7-22-14(21)19(8)6-12(20)16-10-4-11-9(2)17-18(3)13(11)15-5-10/h4-5,7H,6H2,1-3H3,(H,16,20). The van der Waals surface area contributed by atoms with Gasteiger partial charge in [-0.25, -0.2) is 4.98 Å². The van der Waals surface area contributed by atoms with E-state index in [0.717, 1.165) is 33.8 Å². The minimum Gasteiger partial charge on any atom is -0.323 e. The van der Waals surface area contributed by atoms with Gasteiger partial charge in [-0.05, 0) is 19.9 Å². The number of nitrogens with zero attached hydrogens (tertiary/aromatic N) is 4. The van der Waals surface area contributed by atoms with E-state index in [1.807, 2.05) is 20.0 Å². The van der Waals surface area contributed by atoms with Crippen LogP contribution in [-0.2, 0) is 18.4 Å². The maximum Gasteiger partial charge on any atom is 0.307 e. The van der Waals surface area contributed by atoms with E-state index in [9.17, 15) is 9.59 Å². The summed E-state index contributed by atoms with van der Waals surface area (Å²) in [4.78, 5) is 27.9. The van der Waals surface area contributed by atoms with Gasteiger partial charge in [0.15, 0.2) is 5.65 Å². The van der Waals surface area contributed by atoms with Gasteiger partial charge >= 0.3 is 4.87 Å². The summed E-state index contributed by atoms with van der Waals surface area (Å²) in [5, 5.41) is 9.69. The van der Waals surface area contributed by atoms with Gasteiger partial charge in [0.1, 0.15) is 6.54 Å². The smallest absolute Gasteiger partial charge is 0.307 e. The molecule has 22 heavy (non-hydrogen) atoms. The monoisotopic (exact) mass is 317 g/mol. The van der Waals surface area contributed by atoms with E-state index < -0.39 is 0 Å². The van der Waals surface area contributed by atoms with Crippen molar-refractivity contribution < 1.29 is 4.79 Å². The second-order valence-electron chi connectivity index (χ2n) is 5.08. The van der Waals surface area contributed by atoms with Crippen molar-refractivity contribution in [1.29, 1.82) is 0 Å². The average Bonchev–Trinajstić information content (AvgIpc) is 2.93. The second kappa shape index (κ2) is 5.38. The van der Waals surface area contributed by atoms with Crippen LogP contribution in [0.25, 0.3) is 11.0 Å². The summed E-state index contributed by atoms with van der Waals surface area (Å²) in [6.07, 6.45) is 1.59. The Morgan fingerprint density at radius 3 is 2.86 bits per heavy atom. The fourth-order valence-electron chi connectivity index (χ4n) is 2.32. The molecule has 3 rings (SSSR count). The molecule has 3 aromatic rings. The van der Waals surface area contributed by atoms with E-state index in [-0.39, 0.29) is 17.3 Å². The van der Waals surface area contributed by atoms with E-state index in [1.54, 1.807) is 23.2 Å². The van der Waals surface area contributed by atoms with Crippen LogP contribution in [0.4, 0.5) is 5.69 Å². The second-order valence-corrected chi connectivity index (χ2v) is 5.90. The van der Waals surface area contributed by atoms with E-state index in [0.29, 0.717) is 5.69 Å². The van der Waals surface area contributed by atoms with Crippen molar-refractivity contribution in [3.8, 4) is 0 Å². The van der Waals surface area contributed by atoms with Gasteiger partial charge in [0.05, 0.1) is 17.6 Å². The minimum atomic E-state index is -0.258. The number of amides is 1. The molecule has 3 aromatic heterocycles. The molecule has 0 aromatic carbocycles. The van der Waals surface area contributed by atoms with Crippen LogP contribution < -0.4 is 10.2 Å². The lowest BCUT2D eigenvalue weighted by atomic mass is 10.2. The maximum atomic E-state index is 12.1. The summed E-state index contributed by atoms with van der Waals surface area (Å²) in [7, 11) is 1.83. The lowest BCUT2D eigenvalue weighted by Gasteiger charge is -2.07. The van der Waals surface area contributed by atoms with Crippen molar-refractivity contribution >= 4 is 34.0 Å². The number of fused-ring (bicyclic) bond motifs is 1. The van der Waals surface area contributed by atoms with Gasteiger partial charge in [-0.3, -0.25) is 18.8 Å². The Hall–Kier alpha value is -2.48. The SMILES string of the molecule is Cc1nn(C)c2ncc(NC(=O)Cn3c(C)csc3=O)cc12. The van der Waals surface area contributed by atoms with Crippen molar-refractivity contribution in [1.82, 2.24) is 19.3 Å². The molecular weight excluding hydrogens is 302 g/mol. The molecular formula is C14H15N5O2S. The molecule has 0 radical (unpaired) electrons. The van der Waals surface area contributed by atoms with Crippen LogP contribution in [0.5, 0.6) is 0 Å². The molecule has 7 nitrogen and oxygen atoms in total. The lowest BCUT2D eigenvalue weighted by molar-refractivity contribution is -0.116. The molecule has 0 atom stereocenters. The molecule has 1 N–H and O–H groups in total. The summed E-state index contributed by atoms with van der Waals surface area (Å²) < 4.78 is 3.14. The number of carbonyl (C=O) groups excluding carboxylic acids is 1. The average molecular weight is 317 g/mol. The van der Waals surface area contributed by atoms with Gasteiger partial charge in [-0.15, -0.1) is 0 Å². The third-order valence-electron chi connectivity index (χ3n) is 3.42. The number of aromatic nitrogens is 4. The van der Waals surface area contributed by atoms with Gasteiger partial charge in [-0.2, -0.15) is 5.10 Å². The lowest BCUT2D eigenvalue weighted by Crippen LogP contribution is -2.25. The summed E-state index contributed by atoms with van der Waals surface area (Å²) in [6, 6.07) is 1.84. The third-order valence-corrected chi connectivity index (χ3v) is 4.31. The molecule has 0 aliphatic carbocycles. The van der Waals surface area contributed by atoms with Crippen LogP contribution in [-0.4, -0.2) is 25.2 Å². The number of carbonyl (C=O) groups is 1. The van der Waals surface area contributed by atoms with Crippen molar-refractivity contribution in [3.63, 3.8) is 0 Å². The molecule has 0 aliphatic heterocycles. The maximum absolute atomic E-state index is 12.1. The number of hydrogen-bond acceptors (Lipinski definition) is 5. The minimum absolute atomic E-state index is 0.00176. The van der Waals surface area contributed by atoms with Crippen molar-refractivity contribution in [2.75, 3.05) is 5.32 Å². The fraction of sp³-hybridized carbons (Fsp3) is 0.286. The van der Waals surface area contributed by atoms with Gasteiger partial charge in [0.2, 0.25) is 5.91 Å². The van der Waals surface area contributed by atoms with Crippen LogP contribution in [0.2, 0.25) is 0 Å². The van der Waals surface area contributed by atoms with Crippen molar-refractivity contribution in [2.24, 2.45) is 7.05 Å². The first kappa shape index (κ1) is 14.5. The molecule has 0 fully saturated rings. The highest BCUT2D eigenvalue weighted by molar-refractivity contribution is 7.07. The Labute approximate surface area is 130 Å². The third kappa shape index (κ3) is 2.52. The van der Waals surface area contributed by atoms with E-state index >= 15 is 0 Å².